The van der Waals surface area contributed by atoms with Crippen LogP contribution >= 0.6 is 15.9 Å². The van der Waals surface area contributed by atoms with Gasteiger partial charge in [-0.15, -0.1) is 0 Å². The first-order valence-electron chi connectivity index (χ1n) is 10.3. The number of nitrogens with zero attached hydrogens (tertiary/aromatic N) is 1. The molecule has 0 amide bonds. The first-order chi connectivity index (χ1) is 15.3. The molecule has 0 bridgehead atoms. The van der Waals surface area contributed by atoms with E-state index in [9.17, 15) is 0 Å². The molecule has 31 heavy (non-hydrogen) atoms. The Morgan fingerprint density at radius 2 is 1.19 bits per heavy atom. The number of rotatable bonds is 2. The lowest BCUT2D eigenvalue weighted by molar-refractivity contribution is 1.44. The van der Waals surface area contributed by atoms with E-state index in [1.54, 1.807) is 0 Å². The van der Waals surface area contributed by atoms with Gasteiger partial charge in [-0.3, -0.25) is 4.98 Å². The Morgan fingerprint density at radius 1 is 0.516 bits per heavy atom. The van der Waals surface area contributed by atoms with Crippen molar-refractivity contribution in [3.63, 3.8) is 0 Å². The van der Waals surface area contributed by atoms with Crippen molar-refractivity contribution in [3.05, 3.63) is 114 Å². The lowest BCUT2D eigenvalue weighted by Gasteiger charge is -2.10. The number of hydrogen-bond acceptors (Lipinski definition) is 1. The summed E-state index contributed by atoms with van der Waals surface area (Å²) in [6.45, 7) is 0. The zero-order valence-corrected chi connectivity index (χ0v) is 18.3. The Hall–Kier alpha value is -3.49. The second-order valence-corrected chi connectivity index (χ2v) is 8.65. The van der Waals surface area contributed by atoms with Crippen LogP contribution in [0.25, 0.3) is 54.7 Å². The summed E-state index contributed by atoms with van der Waals surface area (Å²) in [5.41, 5.74) is 5.87. The fourth-order valence-electron chi connectivity index (χ4n) is 4.40. The van der Waals surface area contributed by atoms with E-state index in [2.05, 4.69) is 119 Å². The number of aromatic nitrogens is 1. The van der Waals surface area contributed by atoms with Gasteiger partial charge in [-0.05, 0) is 50.5 Å². The molecule has 1 aromatic heterocycles. The molecule has 6 aromatic rings. The molecular formula is C29H18BrN. The van der Waals surface area contributed by atoms with Crippen molar-refractivity contribution in [1.29, 1.82) is 0 Å². The molecule has 0 aliphatic heterocycles. The van der Waals surface area contributed by atoms with E-state index in [1.807, 2.05) is 6.20 Å². The summed E-state index contributed by atoms with van der Waals surface area (Å²) < 4.78 is 1.12. The SMILES string of the molecule is Brc1ccc(-c2ccc(-c3ccc4c(c3)ncc3ccccc34)cc2)c2ccccc12. The van der Waals surface area contributed by atoms with Gasteiger partial charge < -0.3 is 0 Å². The van der Waals surface area contributed by atoms with Crippen molar-refractivity contribution >= 4 is 48.4 Å². The van der Waals surface area contributed by atoms with E-state index < -0.39 is 0 Å². The Kier molecular flexibility index (Phi) is 4.33. The van der Waals surface area contributed by atoms with Gasteiger partial charge in [0.1, 0.15) is 0 Å². The van der Waals surface area contributed by atoms with Crippen LogP contribution in [0.15, 0.2) is 114 Å². The highest BCUT2D eigenvalue weighted by Gasteiger charge is 2.08. The first-order valence-corrected chi connectivity index (χ1v) is 11.1. The maximum Gasteiger partial charge on any atom is 0.0714 e. The molecule has 5 aromatic carbocycles. The molecule has 6 rings (SSSR count). The molecule has 0 N–H and O–H groups in total. The maximum atomic E-state index is 4.70. The van der Waals surface area contributed by atoms with Crippen LogP contribution in [0, 0.1) is 0 Å². The second-order valence-electron chi connectivity index (χ2n) is 7.80. The van der Waals surface area contributed by atoms with Gasteiger partial charge in [0, 0.05) is 21.4 Å². The first kappa shape index (κ1) is 18.3. The molecule has 1 nitrogen and oxygen atoms in total. The molecular weight excluding hydrogens is 442 g/mol. The van der Waals surface area contributed by atoms with Gasteiger partial charge in [0.2, 0.25) is 0 Å². The summed E-state index contributed by atoms with van der Waals surface area (Å²) in [4.78, 5) is 4.70. The Morgan fingerprint density at radius 3 is 2.03 bits per heavy atom. The minimum atomic E-state index is 1.03. The average molecular weight is 460 g/mol. The van der Waals surface area contributed by atoms with Crippen LogP contribution < -0.4 is 0 Å². The second kappa shape index (κ2) is 7.33. The number of halogens is 1. The highest BCUT2D eigenvalue weighted by Crippen LogP contribution is 2.35. The predicted octanol–water partition coefficient (Wildman–Crippen LogP) is 8.64. The van der Waals surface area contributed by atoms with Crippen LogP contribution in [-0.4, -0.2) is 4.98 Å². The Labute approximate surface area is 189 Å². The maximum absolute atomic E-state index is 4.70. The molecule has 0 aliphatic carbocycles. The average Bonchev–Trinajstić information content (AvgIpc) is 2.84. The number of hydrogen-bond donors (Lipinski definition) is 0. The summed E-state index contributed by atoms with van der Waals surface area (Å²) in [6.07, 6.45) is 1.96. The van der Waals surface area contributed by atoms with Crippen molar-refractivity contribution in [2.75, 3.05) is 0 Å². The Bertz CT molecular complexity index is 1580. The third-order valence-electron chi connectivity index (χ3n) is 5.99. The lowest BCUT2D eigenvalue weighted by Crippen LogP contribution is -1.86. The van der Waals surface area contributed by atoms with Gasteiger partial charge in [0.25, 0.3) is 0 Å². The normalized spacial score (nSPS) is 11.4. The number of benzene rings is 5. The molecule has 0 aliphatic rings. The van der Waals surface area contributed by atoms with Crippen LogP contribution in [0.4, 0.5) is 0 Å². The van der Waals surface area contributed by atoms with Crippen LogP contribution in [-0.2, 0) is 0 Å². The summed E-state index contributed by atoms with van der Waals surface area (Å²) in [6, 6.07) is 36.6. The largest absolute Gasteiger partial charge is 0.256 e. The fourth-order valence-corrected chi connectivity index (χ4v) is 4.87. The molecule has 0 unspecified atom stereocenters. The zero-order valence-electron chi connectivity index (χ0n) is 16.7. The van der Waals surface area contributed by atoms with Gasteiger partial charge >= 0.3 is 0 Å². The van der Waals surface area contributed by atoms with Crippen LogP contribution in [0.2, 0.25) is 0 Å². The summed E-state index contributed by atoms with van der Waals surface area (Å²) >= 11 is 3.67. The molecule has 2 heteroatoms. The summed E-state index contributed by atoms with van der Waals surface area (Å²) in [7, 11) is 0. The van der Waals surface area contributed by atoms with Crippen LogP contribution in [0.1, 0.15) is 0 Å². The molecule has 146 valence electrons. The van der Waals surface area contributed by atoms with Crippen molar-refractivity contribution in [2.24, 2.45) is 0 Å². The molecule has 0 saturated heterocycles. The van der Waals surface area contributed by atoms with E-state index >= 15 is 0 Å². The highest BCUT2D eigenvalue weighted by molar-refractivity contribution is 9.10. The van der Waals surface area contributed by atoms with Crippen molar-refractivity contribution < 1.29 is 0 Å². The Balaban J connectivity index is 1.43. The smallest absolute Gasteiger partial charge is 0.0714 e. The van der Waals surface area contributed by atoms with E-state index in [1.165, 1.54) is 49.2 Å². The van der Waals surface area contributed by atoms with E-state index in [0.717, 1.165) is 9.99 Å². The van der Waals surface area contributed by atoms with Crippen molar-refractivity contribution in [1.82, 2.24) is 4.98 Å². The fraction of sp³-hybridized carbons (Fsp3) is 0. The summed E-state index contributed by atoms with van der Waals surface area (Å²) in [5.74, 6) is 0. The predicted molar refractivity (Wildman–Crippen MR) is 135 cm³/mol. The highest BCUT2D eigenvalue weighted by atomic mass is 79.9. The standard InChI is InChI=1S/C29H18BrN/c30-28-16-15-24(25-7-3-4-8-26(25)28)20-11-9-19(10-12-20)21-13-14-27-23-6-2-1-5-22(23)18-31-29(27)17-21/h1-18H. The van der Waals surface area contributed by atoms with Crippen molar-refractivity contribution in [3.8, 4) is 22.3 Å². The van der Waals surface area contributed by atoms with E-state index in [-0.39, 0.29) is 0 Å². The molecule has 0 spiro atoms. The summed E-state index contributed by atoms with van der Waals surface area (Å²) in [5, 5.41) is 6.11. The minimum absolute atomic E-state index is 1.03. The van der Waals surface area contributed by atoms with Gasteiger partial charge in [-0.25, -0.2) is 0 Å². The van der Waals surface area contributed by atoms with E-state index in [4.69, 9.17) is 4.98 Å². The molecule has 1 heterocycles. The van der Waals surface area contributed by atoms with Gasteiger partial charge in [0.15, 0.2) is 0 Å². The molecule has 0 fully saturated rings. The quantitative estimate of drug-likeness (QED) is 0.236. The number of pyridine rings is 1. The third kappa shape index (κ3) is 3.11. The molecule has 0 saturated carbocycles. The van der Waals surface area contributed by atoms with Crippen LogP contribution in [0.5, 0.6) is 0 Å². The topological polar surface area (TPSA) is 12.9 Å². The van der Waals surface area contributed by atoms with Crippen molar-refractivity contribution in [2.45, 2.75) is 0 Å². The third-order valence-corrected chi connectivity index (χ3v) is 6.68. The molecule has 0 radical (unpaired) electrons. The molecule has 0 atom stereocenters. The van der Waals surface area contributed by atoms with Gasteiger partial charge in [-0.1, -0.05) is 107 Å². The van der Waals surface area contributed by atoms with Crippen LogP contribution in [0.3, 0.4) is 0 Å². The zero-order chi connectivity index (χ0) is 20.8. The van der Waals surface area contributed by atoms with Gasteiger partial charge in [-0.2, -0.15) is 0 Å². The minimum Gasteiger partial charge on any atom is -0.256 e. The lowest BCUT2D eigenvalue weighted by atomic mass is 9.95. The van der Waals surface area contributed by atoms with E-state index in [0.29, 0.717) is 0 Å². The van der Waals surface area contributed by atoms with Gasteiger partial charge in [0.05, 0.1) is 5.52 Å². The monoisotopic (exact) mass is 459 g/mol. The number of fused-ring (bicyclic) bond motifs is 4.